The van der Waals surface area contributed by atoms with Gasteiger partial charge in [-0.25, -0.2) is 0 Å². The Morgan fingerprint density at radius 3 is 2.13 bits per heavy atom. The van der Waals surface area contributed by atoms with E-state index in [9.17, 15) is 45.6 Å². The fraction of sp³-hybridized carbons (Fsp3) is 0.316. The topological polar surface area (TPSA) is 201 Å². The van der Waals surface area contributed by atoms with Gasteiger partial charge in [-0.1, -0.05) is 0 Å². The summed E-state index contributed by atoms with van der Waals surface area (Å²) in [6.07, 6.45) is -8.16. The van der Waals surface area contributed by atoms with E-state index in [1.807, 2.05) is 0 Å². The van der Waals surface area contributed by atoms with E-state index >= 15 is 0 Å². The summed E-state index contributed by atoms with van der Waals surface area (Å²) < 4.78 is 10.8. The standard InChI is InChI=1S/C19H18O11/c20-4-11-15(25)17(27)18(28)19(30-11)12-8(23)3-10-13(16(12)26)14(24)5-1-6(21)7(22)2-9(5)29-10/h1-3,11,15,17-23,25-28H,4H2/t11-,15-,17-,18-,19?/m1/s1. The van der Waals surface area contributed by atoms with Crippen LogP contribution in [0.4, 0.5) is 0 Å². The van der Waals surface area contributed by atoms with Crippen LogP contribution in [0.3, 0.4) is 0 Å². The van der Waals surface area contributed by atoms with Crippen molar-refractivity contribution in [2.45, 2.75) is 30.5 Å². The van der Waals surface area contributed by atoms with Crippen LogP contribution in [0.2, 0.25) is 0 Å². The van der Waals surface area contributed by atoms with Gasteiger partial charge in [0.15, 0.2) is 11.5 Å². The third kappa shape index (κ3) is 2.83. The van der Waals surface area contributed by atoms with Gasteiger partial charge < -0.3 is 50.0 Å². The number of aromatic hydroxyl groups is 4. The highest BCUT2D eigenvalue weighted by Crippen LogP contribution is 2.45. The molecular formula is C19H18O11. The fourth-order valence-corrected chi connectivity index (χ4v) is 3.64. The van der Waals surface area contributed by atoms with Crippen LogP contribution in [0.15, 0.2) is 27.4 Å². The van der Waals surface area contributed by atoms with Crippen LogP contribution in [-0.2, 0) is 4.74 Å². The largest absolute Gasteiger partial charge is 0.507 e. The van der Waals surface area contributed by atoms with E-state index in [0.717, 1.165) is 18.2 Å². The minimum atomic E-state index is -1.81. The molecule has 0 aliphatic carbocycles. The summed E-state index contributed by atoms with van der Waals surface area (Å²) in [5.41, 5.74) is -1.66. The smallest absolute Gasteiger partial charge is 0.204 e. The zero-order valence-corrected chi connectivity index (χ0v) is 15.1. The molecule has 1 unspecified atom stereocenters. The van der Waals surface area contributed by atoms with E-state index < -0.39 is 76.5 Å². The maximum Gasteiger partial charge on any atom is 0.204 e. The van der Waals surface area contributed by atoms with E-state index in [-0.39, 0.29) is 16.6 Å². The Labute approximate surface area is 166 Å². The summed E-state index contributed by atoms with van der Waals surface area (Å²) in [4.78, 5) is 12.9. The highest BCUT2D eigenvalue weighted by Gasteiger charge is 2.46. The van der Waals surface area contributed by atoms with Crippen molar-refractivity contribution in [3.8, 4) is 23.0 Å². The quantitative estimate of drug-likeness (QED) is 0.191. The lowest BCUT2D eigenvalue weighted by Gasteiger charge is -2.40. The third-order valence-corrected chi connectivity index (χ3v) is 5.23. The Bertz CT molecular complexity index is 1200. The number of aliphatic hydroxyl groups excluding tert-OH is 4. The number of phenols is 4. The number of hydrogen-bond acceptors (Lipinski definition) is 11. The van der Waals surface area contributed by atoms with Crippen LogP contribution < -0.4 is 5.43 Å². The Kier molecular flexibility index (Phi) is 4.71. The van der Waals surface area contributed by atoms with Crippen molar-refractivity contribution in [3.63, 3.8) is 0 Å². The molecule has 1 aliphatic rings. The molecule has 1 saturated heterocycles. The highest BCUT2D eigenvalue weighted by atomic mass is 16.5. The Balaban J connectivity index is 1.98. The first-order chi connectivity index (χ1) is 14.1. The zero-order valence-electron chi connectivity index (χ0n) is 15.1. The molecule has 8 N–H and O–H groups in total. The first-order valence-corrected chi connectivity index (χ1v) is 8.83. The molecule has 5 atom stereocenters. The molecule has 1 fully saturated rings. The minimum absolute atomic E-state index is 0.123. The van der Waals surface area contributed by atoms with E-state index in [4.69, 9.17) is 9.15 Å². The number of fused-ring (bicyclic) bond motifs is 2. The third-order valence-electron chi connectivity index (χ3n) is 5.23. The predicted octanol–water partition coefficient (Wildman–Crippen LogP) is -0.717. The van der Waals surface area contributed by atoms with Gasteiger partial charge in [0, 0.05) is 12.1 Å². The number of rotatable bonds is 2. The van der Waals surface area contributed by atoms with Gasteiger partial charge in [-0.05, 0) is 6.07 Å². The summed E-state index contributed by atoms with van der Waals surface area (Å²) in [7, 11) is 0. The van der Waals surface area contributed by atoms with Crippen molar-refractivity contribution >= 4 is 21.9 Å². The highest BCUT2D eigenvalue weighted by molar-refractivity contribution is 5.96. The molecule has 1 aliphatic heterocycles. The molecule has 0 spiro atoms. The maximum atomic E-state index is 12.9. The number of phenolic OH excluding ortho intramolecular Hbond substituents is 4. The van der Waals surface area contributed by atoms with Gasteiger partial charge in [0.25, 0.3) is 0 Å². The van der Waals surface area contributed by atoms with Gasteiger partial charge in [0.05, 0.1) is 17.6 Å². The normalized spacial score (nSPS) is 27.0. The van der Waals surface area contributed by atoms with Gasteiger partial charge in [0.1, 0.15) is 58.6 Å². The molecule has 11 nitrogen and oxygen atoms in total. The second-order valence-corrected chi connectivity index (χ2v) is 7.05. The van der Waals surface area contributed by atoms with Gasteiger partial charge in [0.2, 0.25) is 5.43 Å². The summed E-state index contributed by atoms with van der Waals surface area (Å²) >= 11 is 0. The monoisotopic (exact) mass is 422 g/mol. The zero-order chi connectivity index (χ0) is 21.9. The fourth-order valence-electron chi connectivity index (χ4n) is 3.64. The van der Waals surface area contributed by atoms with Crippen LogP contribution in [-0.4, -0.2) is 71.9 Å². The Morgan fingerprint density at radius 2 is 1.47 bits per heavy atom. The predicted molar refractivity (Wildman–Crippen MR) is 99.4 cm³/mol. The summed E-state index contributed by atoms with van der Waals surface area (Å²) in [5, 5.41) is 79.4. The average molecular weight is 422 g/mol. The number of hydrogen-bond donors (Lipinski definition) is 8. The van der Waals surface area contributed by atoms with E-state index in [0.29, 0.717) is 0 Å². The number of aliphatic hydroxyl groups is 4. The molecule has 0 bridgehead atoms. The molecule has 160 valence electrons. The first-order valence-electron chi connectivity index (χ1n) is 8.83. The van der Waals surface area contributed by atoms with Crippen molar-refractivity contribution in [3.05, 3.63) is 34.0 Å². The average Bonchev–Trinajstić information content (AvgIpc) is 2.69. The van der Waals surface area contributed by atoms with Crippen LogP contribution >= 0.6 is 0 Å². The van der Waals surface area contributed by atoms with Crippen LogP contribution in [0.1, 0.15) is 11.7 Å². The molecule has 11 heteroatoms. The molecule has 30 heavy (non-hydrogen) atoms. The van der Waals surface area contributed by atoms with Crippen molar-refractivity contribution in [1.29, 1.82) is 0 Å². The number of ether oxygens (including phenoxy) is 1. The van der Waals surface area contributed by atoms with Crippen molar-refractivity contribution < 1.29 is 50.0 Å². The van der Waals surface area contributed by atoms with Crippen molar-refractivity contribution in [2.75, 3.05) is 6.61 Å². The van der Waals surface area contributed by atoms with Gasteiger partial charge in [-0.15, -0.1) is 0 Å². The number of benzene rings is 2. The molecule has 2 heterocycles. The lowest BCUT2D eigenvalue weighted by molar-refractivity contribution is -0.232. The first kappa shape index (κ1) is 20.2. The van der Waals surface area contributed by atoms with Crippen molar-refractivity contribution in [2.24, 2.45) is 0 Å². The van der Waals surface area contributed by atoms with Crippen LogP contribution in [0.5, 0.6) is 23.0 Å². The lowest BCUT2D eigenvalue weighted by atomic mass is 9.89. The summed E-state index contributed by atoms with van der Waals surface area (Å²) in [6.45, 7) is -0.730. The van der Waals surface area contributed by atoms with E-state index in [2.05, 4.69) is 0 Å². The van der Waals surface area contributed by atoms with Crippen LogP contribution in [0.25, 0.3) is 21.9 Å². The maximum absolute atomic E-state index is 12.9. The Hall–Kier alpha value is -3.09. The second kappa shape index (κ2) is 7.00. The molecular weight excluding hydrogens is 404 g/mol. The molecule has 3 aromatic rings. The minimum Gasteiger partial charge on any atom is -0.507 e. The molecule has 0 radical (unpaired) electrons. The van der Waals surface area contributed by atoms with E-state index in [1.165, 1.54) is 0 Å². The summed E-state index contributed by atoms with van der Waals surface area (Å²) in [6, 6.07) is 2.90. The molecule has 0 amide bonds. The molecule has 2 aromatic carbocycles. The molecule has 1 aromatic heterocycles. The Morgan fingerprint density at radius 1 is 0.833 bits per heavy atom. The summed E-state index contributed by atoms with van der Waals surface area (Å²) in [5.74, 6) is -2.62. The van der Waals surface area contributed by atoms with E-state index in [1.54, 1.807) is 0 Å². The molecule has 0 saturated carbocycles. The second-order valence-electron chi connectivity index (χ2n) is 7.05. The SMILES string of the molecule is O=c1c2cc(O)c(O)cc2oc2cc(O)c(C3O[C@H](CO)[C@@H](O)[C@@H](O)[C@H]3O)c(O)c12. The van der Waals surface area contributed by atoms with Gasteiger partial charge >= 0.3 is 0 Å². The van der Waals surface area contributed by atoms with Gasteiger partial charge in [-0.3, -0.25) is 4.79 Å². The lowest BCUT2D eigenvalue weighted by Crippen LogP contribution is -2.55. The van der Waals surface area contributed by atoms with Crippen LogP contribution in [0, 0.1) is 0 Å². The molecule has 4 rings (SSSR count). The van der Waals surface area contributed by atoms with Gasteiger partial charge in [-0.2, -0.15) is 0 Å². The van der Waals surface area contributed by atoms with Crippen molar-refractivity contribution in [1.82, 2.24) is 0 Å².